The molecule has 0 heterocycles. The molecule has 0 aliphatic carbocycles. The summed E-state index contributed by atoms with van der Waals surface area (Å²) in [5.74, 6) is -4.46. The van der Waals surface area contributed by atoms with Gasteiger partial charge in [-0.05, 0) is 6.42 Å². The van der Waals surface area contributed by atoms with Crippen LogP contribution in [0.25, 0.3) is 0 Å². The molecule has 0 saturated carbocycles. The molecule has 1 atom stereocenters. The van der Waals surface area contributed by atoms with Gasteiger partial charge in [0, 0.05) is 6.42 Å². The van der Waals surface area contributed by atoms with Crippen molar-refractivity contribution in [2.75, 3.05) is 0 Å². The Hall–Kier alpha value is -1.39. The summed E-state index contributed by atoms with van der Waals surface area (Å²) in [6.45, 7) is 2.08. The normalized spacial score (nSPS) is 12.1. The molecule has 0 radical (unpaired) electrons. The number of carboxylic acid groups (broad SMARTS) is 2. The number of carbonyl (C=O) groups is 3. The van der Waals surface area contributed by atoms with Crippen LogP contribution in [-0.4, -0.2) is 27.9 Å². The molecule has 0 fully saturated rings. The third kappa shape index (κ3) is 7.49. The Morgan fingerprint density at radius 1 is 1.00 bits per heavy atom. The smallest absolute Gasteiger partial charge is 0.314 e. The molecule has 0 aliphatic heterocycles. The molecular formula is C12H20O5. The quantitative estimate of drug-likeness (QED) is 0.453. The lowest BCUT2D eigenvalue weighted by molar-refractivity contribution is -0.152. The van der Waals surface area contributed by atoms with Crippen molar-refractivity contribution in [2.45, 2.75) is 51.9 Å². The van der Waals surface area contributed by atoms with Gasteiger partial charge in [-0.1, -0.05) is 32.6 Å². The fraction of sp³-hybridized carbons (Fsp3) is 0.750. The molecule has 1 unspecified atom stereocenters. The van der Waals surface area contributed by atoms with Gasteiger partial charge in [-0.2, -0.15) is 0 Å². The highest BCUT2D eigenvalue weighted by Crippen LogP contribution is 2.12. The zero-order valence-corrected chi connectivity index (χ0v) is 10.1. The number of aliphatic carboxylic acids is 2. The standard InChI is InChI=1S/C12H20O5/c1-2-3-4-5-6-7-10(13)9(12(16)17)8-11(14)15/h9H,2-8H2,1H3,(H,14,15)(H,16,17). The van der Waals surface area contributed by atoms with E-state index in [1.807, 2.05) is 0 Å². The summed E-state index contributed by atoms with van der Waals surface area (Å²) in [5.41, 5.74) is 0. The minimum Gasteiger partial charge on any atom is -0.481 e. The maximum absolute atomic E-state index is 11.5. The average molecular weight is 244 g/mol. The largest absolute Gasteiger partial charge is 0.481 e. The number of carbonyl (C=O) groups excluding carboxylic acids is 1. The Kier molecular flexibility index (Phi) is 8.01. The molecule has 0 aromatic rings. The van der Waals surface area contributed by atoms with Crippen molar-refractivity contribution in [1.29, 1.82) is 0 Å². The minimum absolute atomic E-state index is 0.161. The number of carboxylic acids is 2. The molecule has 0 bridgehead atoms. The van der Waals surface area contributed by atoms with E-state index in [0.717, 1.165) is 25.7 Å². The second-order valence-corrected chi connectivity index (χ2v) is 4.12. The Morgan fingerprint density at radius 2 is 1.59 bits per heavy atom. The van der Waals surface area contributed by atoms with Crippen LogP contribution in [0.4, 0.5) is 0 Å². The second kappa shape index (κ2) is 8.73. The van der Waals surface area contributed by atoms with E-state index in [9.17, 15) is 14.4 Å². The van der Waals surface area contributed by atoms with E-state index in [1.54, 1.807) is 0 Å². The lowest BCUT2D eigenvalue weighted by Gasteiger charge is -2.08. The number of hydrogen-bond donors (Lipinski definition) is 2. The molecule has 5 heteroatoms. The average Bonchev–Trinajstić information content (AvgIpc) is 2.24. The fourth-order valence-corrected chi connectivity index (χ4v) is 1.59. The van der Waals surface area contributed by atoms with Crippen molar-refractivity contribution < 1.29 is 24.6 Å². The van der Waals surface area contributed by atoms with Gasteiger partial charge in [0.1, 0.15) is 11.7 Å². The van der Waals surface area contributed by atoms with E-state index in [2.05, 4.69) is 6.92 Å². The first-order valence-corrected chi connectivity index (χ1v) is 5.96. The summed E-state index contributed by atoms with van der Waals surface area (Å²) in [4.78, 5) is 32.7. The lowest BCUT2D eigenvalue weighted by atomic mass is 9.96. The topological polar surface area (TPSA) is 91.7 Å². The lowest BCUT2D eigenvalue weighted by Crippen LogP contribution is -2.26. The predicted molar refractivity (Wildman–Crippen MR) is 61.8 cm³/mol. The Bertz CT molecular complexity index is 272. The van der Waals surface area contributed by atoms with Crippen LogP contribution in [0, 0.1) is 5.92 Å². The van der Waals surface area contributed by atoms with E-state index in [-0.39, 0.29) is 6.42 Å². The molecule has 0 spiro atoms. The molecule has 0 aliphatic rings. The van der Waals surface area contributed by atoms with Crippen LogP contribution in [-0.2, 0) is 14.4 Å². The highest BCUT2D eigenvalue weighted by atomic mass is 16.4. The summed E-state index contributed by atoms with van der Waals surface area (Å²) in [7, 11) is 0. The summed E-state index contributed by atoms with van der Waals surface area (Å²) in [6, 6.07) is 0. The van der Waals surface area contributed by atoms with Crippen LogP contribution in [0.3, 0.4) is 0 Å². The number of rotatable bonds is 10. The van der Waals surface area contributed by atoms with Crippen molar-refractivity contribution in [3.63, 3.8) is 0 Å². The highest BCUT2D eigenvalue weighted by molar-refractivity contribution is 6.00. The van der Waals surface area contributed by atoms with Crippen LogP contribution in [0.2, 0.25) is 0 Å². The molecular weight excluding hydrogens is 224 g/mol. The molecule has 0 aromatic carbocycles. The van der Waals surface area contributed by atoms with Gasteiger partial charge in [0.05, 0.1) is 6.42 Å². The molecule has 0 aromatic heterocycles. The monoisotopic (exact) mass is 244 g/mol. The van der Waals surface area contributed by atoms with Crippen LogP contribution in [0.1, 0.15) is 51.9 Å². The summed E-state index contributed by atoms with van der Waals surface area (Å²) in [5, 5.41) is 17.3. The van der Waals surface area contributed by atoms with Crippen LogP contribution in [0.15, 0.2) is 0 Å². The molecule has 2 N–H and O–H groups in total. The zero-order valence-electron chi connectivity index (χ0n) is 10.1. The second-order valence-electron chi connectivity index (χ2n) is 4.12. The number of hydrogen-bond acceptors (Lipinski definition) is 3. The summed E-state index contributed by atoms with van der Waals surface area (Å²) >= 11 is 0. The van der Waals surface area contributed by atoms with Gasteiger partial charge in [0.2, 0.25) is 0 Å². The summed E-state index contributed by atoms with van der Waals surface area (Å²) in [6.07, 6.45) is 4.30. The first kappa shape index (κ1) is 15.6. The third-order valence-electron chi connectivity index (χ3n) is 2.59. The summed E-state index contributed by atoms with van der Waals surface area (Å²) < 4.78 is 0. The molecule has 0 amide bonds. The third-order valence-corrected chi connectivity index (χ3v) is 2.59. The van der Waals surface area contributed by atoms with Gasteiger partial charge in [0.25, 0.3) is 0 Å². The van der Waals surface area contributed by atoms with E-state index >= 15 is 0 Å². The Morgan fingerprint density at radius 3 is 2.06 bits per heavy atom. The first-order chi connectivity index (χ1) is 7.99. The van der Waals surface area contributed by atoms with Gasteiger partial charge in [-0.3, -0.25) is 14.4 Å². The molecule has 98 valence electrons. The molecule has 17 heavy (non-hydrogen) atoms. The molecule has 0 saturated heterocycles. The van der Waals surface area contributed by atoms with Gasteiger partial charge in [-0.15, -0.1) is 0 Å². The number of ketones is 1. The number of Topliss-reactive ketones (excluding diaryl/α,β-unsaturated/α-hetero) is 1. The fourth-order valence-electron chi connectivity index (χ4n) is 1.59. The molecule has 0 rings (SSSR count). The van der Waals surface area contributed by atoms with Crippen molar-refractivity contribution >= 4 is 17.7 Å². The highest BCUT2D eigenvalue weighted by Gasteiger charge is 2.27. The van der Waals surface area contributed by atoms with Crippen molar-refractivity contribution in [3.05, 3.63) is 0 Å². The van der Waals surface area contributed by atoms with Crippen molar-refractivity contribution in [2.24, 2.45) is 5.92 Å². The SMILES string of the molecule is CCCCCCCC(=O)C(CC(=O)O)C(=O)O. The van der Waals surface area contributed by atoms with Crippen LogP contribution < -0.4 is 0 Å². The molecule has 5 nitrogen and oxygen atoms in total. The Balaban J connectivity index is 3.98. The zero-order chi connectivity index (χ0) is 13.3. The van der Waals surface area contributed by atoms with Crippen molar-refractivity contribution in [3.8, 4) is 0 Å². The Labute approximate surface area is 101 Å². The first-order valence-electron chi connectivity index (χ1n) is 5.96. The van der Waals surface area contributed by atoms with Crippen LogP contribution >= 0.6 is 0 Å². The maximum atomic E-state index is 11.5. The van der Waals surface area contributed by atoms with Crippen molar-refractivity contribution in [1.82, 2.24) is 0 Å². The maximum Gasteiger partial charge on any atom is 0.314 e. The van der Waals surface area contributed by atoms with Gasteiger partial charge >= 0.3 is 11.9 Å². The van der Waals surface area contributed by atoms with E-state index in [1.165, 1.54) is 0 Å². The van der Waals surface area contributed by atoms with E-state index in [0.29, 0.717) is 6.42 Å². The van der Waals surface area contributed by atoms with E-state index in [4.69, 9.17) is 10.2 Å². The predicted octanol–water partition coefficient (Wildman–Crippen LogP) is 2.09. The van der Waals surface area contributed by atoms with E-state index < -0.39 is 30.1 Å². The minimum atomic E-state index is -1.39. The van der Waals surface area contributed by atoms with Crippen LogP contribution in [0.5, 0.6) is 0 Å². The van der Waals surface area contributed by atoms with Gasteiger partial charge in [-0.25, -0.2) is 0 Å². The van der Waals surface area contributed by atoms with Gasteiger partial charge < -0.3 is 10.2 Å². The number of unbranched alkanes of at least 4 members (excludes halogenated alkanes) is 4. The van der Waals surface area contributed by atoms with Gasteiger partial charge in [0.15, 0.2) is 0 Å².